The van der Waals surface area contributed by atoms with Crippen LogP contribution in [-0.2, 0) is 6.54 Å². The normalized spacial score (nSPS) is 18.0. The number of anilines is 1. The third-order valence-corrected chi connectivity index (χ3v) is 4.12. The van der Waals surface area contributed by atoms with Gasteiger partial charge in [0, 0.05) is 31.5 Å². The van der Waals surface area contributed by atoms with Crippen LogP contribution in [0.15, 0.2) is 36.8 Å². The van der Waals surface area contributed by atoms with Crippen molar-refractivity contribution in [2.24, 2.45) is 0 Å². The Kier molecular flexibility index (Phi) is 4.85. The van der Waals surface area contributed by atoms with Crippen LogP contribution in [0.25, 0.3) is 0 Å². The Hall–Kier alpha value is -2.44. The minimum atomic E-state index is -0.557. The summed E-state index contributed by atoms with van der Waals surface area (Å²) in [4.78, 5) is 17.9. The van der Waals surface area contributed by atoms with Crippen molar-refractivity contribution in [3.05, 3.63) is 42.7 Å². The first-order valence-corrected chi connectivity index (χ1v) is 7.89. The quantitative estimate of drug-likeness (QED) is 0.882. The maximum absolute atomic E-state index is 12.8. The second kappa shape index (κ2) is 7.21. The molecular formula is C16H20FN5O. The molecule has 3 rings (SSSR count). The van der Waals surface area contributed by atoms with Gasteiger partial charge in [0.25, 0.3) is 0 Å². The van der Waals surface area contributed by atoms with Crippen LogP contribution in [0.3, 0.4) is 0 Å². The molecule has 0 radical (unpaired) electrons. The number of carbonyl (C=O) groups is 1. The van der Waals surface area contributed by atoms with E-state index in [4.69, 9.17) is 0 Å². The molecule has 1 aliphatic heterocycles. The maximum Gasteiger partial charge on any atom is 0.322 e. The van der Waals surface area contributed by atoms with Crippen molar-refractivity contribution in [3.8, 4) is 0 Å². The SMILES string of the molecule is O=C(Nc1ccc(F)nc1)N1CCCC[C@H]1CCn1cccn1. The Morgan fingerprint density at radius 3 is 3.04 bits per heavy atom. The average Bonchev–Trinajstić information content (AvgIpc) is 3.09. The lowest BCUT2D eigenvalue weighted by Gasteiger charge is -2.35. The van der Waals surface area contributed by atoms with E-state index in [9.17, 15) is 9.18 Å². The summed E-state index contributed by atoms with van der Waals surface area (Å²) in [5.74, 6) is -0.557. The summed E-state index contributed by atoms with van der Waals surface area (Å²) >= 11 is 0. The van der Waals surface area contributed by atoms with Crippen molar-refractivity contribution < 1.29 is 9.18 Å². The number of aryl methyl sites for hydroxylation is 1. The number of hydrogen-bond acceptors (Lipinski definition) is 3. The zero-order valence-electron chi connectivity index (χ0n) is 12.9. The van der Waals surface area contributed by atoms with E-state index in [0.717, 1.165) is 38.8 Å². The van der Waals surface area contributed by atoms with E-state index < -0.39 is 5.95 Å². The first-order valence-electron chi connectivity index (χ1n) is 7.89. The lowest BCUT2D eigenvalue weighted by atomic mass is 10.00. The van der Waals surface area contributed by atoms with Crippen molar-refractivity contribution in [2.75, 3.05) is 11.9 Å². The number of nitrogens with zero attached hydrogens (tertiary/aromatic N) is 4. The van der Waals surface area contributed by atoms with Gasteiger partial charge in [-0.1, -0.05) is 0 Å². The second-order valence-electron chi connectivity index (χ2n) is 5.70. The van der Waals surface area contributed by atoms with Gasteiger partial charge >= 0.3 is 6.03 Å². The summed E-state index contributed by atoms with van der Waals surface area (Å²) in [6.45, 7) is 1.53. The van der Waals surface area contributed by atoms with Gasteiger partial charge in [0.1, 0.15) is 0 Å². The lowest BCUT2D eigenvalue weighted by Crippen LogP contribution is -2.46. The Bertz CT molecular complexity index is 628. The number of hydrogen-bond donors (Lipinski definition) is 1. The summed E-state index contributed by atoms with van der Waals surface area (Å²) in [5, 5.41) is 7.00. The first-order chi connectivity index (χ1) is 11.2. The molecule has 0 unspecified atom stereocenters. The predicted molar refractivity (Wildman–Crippen MR) is 84.4 cm³/mol. The average molecular weight is 317 g/mol. The van der Waals surface area contributed by atoms with Crippen molar-refractivity contribution in [1.29, 1.82) is 0 Å². The third kappa shape index (κ3) is 4.06. The first kappa shape index (κ1) is 15.5. The number of aromatic nitrogens is 3. The van der Waals surface area contributed by atoms with Crippen LogP contribution < -0.4 is 5.32 Å². The summed E-state index contributed by atoms with van der Waals surface area (Å²) < 4.78 is 14.7. The molecule has 2 amide bonds. The van der Waals surface area contributed by atoms with Crippen molar-refractivity contribution in [3.63, 3.8) is 0 Å². The molecule has 122 valence electrons. The van der Waals surface area contributed by atoms with E-state index in [1.165, 1.54) is 18.3 Å². The van der Waals surface area contributed by atoms with Crippen LogP contribution in [0.2, 0.25) is 0 Å². The molecule has 6 nitrogen and oxygen atoms in total. The molecule has 1 N–H and O–H groups in total. The van der Waals surface area contributed by atoms with Crippen LogP contribution >= 0.6 is 0 Å². The summed E-state index contributed by atoms with van der Waals surface area (Å²) in [7, 11) is 0. The van der Waals surface area contributed by atoms with Gasteiger partial charge in [-0.25, -0.2) is 9.78 Å². The zero-order valence-corrected chi connectivity index (χ0v) is 12.9. The van der Waals surface area contributed by atoms with E-state index >= 15 is 0 Å². The molecule has 7 heteroatoms. The van der Waals surface area contributed by atoms with Crippen LogP contribution in [0.4, 0.5) is 14.9 Å². The molecule has 2 aromatic heterocycles. The molecule has 23 heavy (non-hydrogen) atoms. The van der Waals surface area contributed by atoms with Gasteiger partial charge in [-0.05, 0) is 43.9 Å². The smallest absolute Gasteiger partial charge is 0.321 e. The monoisotopic (exact) mass is 317 g/mol. The number of halogens is 1. The fourth-order valence-electron chi connectivity index (χ4n) is 2.93. The topological polar surface area (TPSA) is 63.1 Å². The number of rotatable bonds is 4. The van der Waals surface area contributed by atoms with Gasteiger partial charge in [0.2, 0.25) is 5.95 Å². The highest BCUT2D eigenvalue weighted by Gasteiger charge is 2.26. The van der Waals surface area contributed by atoms with E-state index in [1.54, 1.807) is 6.20 Å². The molecular weight excluding hydrogens is 297 g/mol. The fourth-order valence-corrected chi connectivity index (χ4v) is 2.93. The molecule has 1 aliphatic rings. The van der Waals surface area contributed by atoms with E-state index in [-0.39, 0.29) is 12.1 Å². The highest BCUT2D eigenvalue weighted by Crippen LogP contribution is 2.21. The number of piperidine rings is 1. The number of likely N-dealkylation sites (tertiary alicyclic amines) is 1. The van der Waals surface area contributed by atoms with Gasteiger partial charge in [-0.2, -0.15) is 9.49 Å². The largest absolute Gasteiger partial charge is 0.322 e. The molecule has 0 saturated carbocycles. The van der Waals surface area contributed by atoms with Gasteiger partial charge in [-0.3, -0.25) is 4.68 Å². The van der Waals surface area contributed by atoms with Crippen molar-refractivity contribution >= 4 is 11.7 Å². The minimum Gasteiger partial charge on any atom is -0.321 e. The summed E-state index contributed by atoms with van der Waals surface area (Å²) in [5.41, 5.74) is 0.507. The predicted octanol–water partition coefficient (Wildman–Crippen LogP) is 2.89. The third-order valence-electron chi connectivity index (χ3n) is 4.12. The van der Waals surface area contributed by atoms with Gasteiger partial charge in [-0.15, -0.1) is 0 Å². The molecule has 0 aromatic carbocycles. The second-order valence-corrected chi connectivity index (χ2v) is 5.70. The number of nitrogens with one attached hydrogen (secondary N) is 1. The molecule has 2 aromatic rings. The van der Waals surface area contributed by atoms with E-state index in [1.807, 2.05) is 21.8 Å². The Morgan fingerprint density at radius 1 is 1.39 bits per heavy atom. The Morgan fingerprint density at radius 2 is 2.30 bits per heavy atom. The molecule has 1 atom stereocenters. The van der Waals surface area contributed by atoms with E-state index in [0.29, 0.717) is 5.69 Å². The van der Waals surface area contributed by atoms with Crippen LogP contribution in [0.1, 0.15) is 25.7 Å². The molecule has 1 saturated heterocycles. The standard InChI is InChI=1S/C16H20FN5O/c17-15-6-5-13(12-18-15)20-16(23)22-10-2-1-4-14(22)7-11-21-9-3-8-19-21/h3,5-6,8-9,12,14H,1-2,4,7,10-11H2,(H,20,23)/t14-/m0/s1. The highest BCUT2D eigenvalue weighted by atomic mass is 19.1. The minimum absolute atomic E-state index is 0.149. The molecule has 3 heterocycles. The maximum atomic E-state index is 12.8. The van der Waals surface area contributed by atoms with Crippen molar-refractivity contribution in [2.45, 2.75) is 38.3 Å². The Labute approximate surface area is 134 Å². The van der Waals surface area contributed by atoms with Crippen LogP contribution in [0, 0.1) is 5.95 Å². The molecule has 0 bridgehead atoms. The van der Waals surface area contributed by atoms with Gasteiger partial charge < -0.3 is 10.2 Å². The summed E-state index contributed by atoms with van der Waals surface area (Å²) in [6.07, 6.45) is 9.02. The van der Waals surface area contributed by atoms with Gasteiger partial charge in [0.05, 0.1) is 11.9 Å². The number of carbonyl (C=O) groups excluding carboxylic acids is 1. The Balaban J connectivity index is 1.60. The van der Waals surface area contributed by atoms with E-state index in [2.05, 4.69) is 15.4 Å². The van der Waals surface area contributed by atoms with Crippen LogP contribution in [0.5, 0.6) is 0 Å². The number of amides is 2. The lowest BCUT2D eigenvalue weighted by molar-refractivity contribution is 0.154. The molecule has 1 fully saturated rings. The van der Waals surface area contributed by atoms with Crippen molar-refractivity contribution in [1.82, 2.24) is 19.7 Å². The summed E-state index contributed by atoms with van der Waals surface area (Å²) in [6, 6.07) is 4.70. The van der Waals surface area contributed by atoms with Gasteiger partial charge in [0.15, 0.2) is 0 Å². The molecule has 0 aliphatic carbocycles. The molecule has 0 spiro atoms. The number of urea groups is 1. The number of pyridine rings is 1. The van der Waals surface area contributed by atoms with Crippen LogP contribution in [-0.4, -0.2) is 38.3 Å². The fraction of sp³-hybridized carbons (Fsp3) is 0.438. The zero-order chi connectivity index (χ0) is 16.1. The highest BCUT2D eigenvalue weighted by molar-refractivity contribution is 5.89.